The molecule has 2 aliphatic rings. The van der Waals surface area contributed by atoms with Crippen molar-refractivity contribution in [3.63, 3.8) is 0 Å². The smallest absolute Gasteiger partial charge is 0.273 e. The highest BCUT2D eigenvalue weighted by molar-refractivity contribution is 5.81. The van der Waals surface area contributed by atoms with Gasteiger partial charge in [-0.2, -0.15) is 0 Å². The fraction of sp³-hybridized carbons (Fsp3) is 0.800. The van der Waals surface area contributed by atoms with E-state index < -0.39 is 5.03 Å². The van der Waals surface area contributed by atoms with Crippen LogP contribution in [0, 0.1) is 10.1 Å². The Bertz CT molecular complexity index is 239. The quantitative estimate of drug-likeness (QED) is 0.381. The number of nitrogens with one attached hydrogen (secondary N) is 2. The Hall–Kier alpha value is -1.41. The summed E-state index contributed by atoms with van der Waals surface area (Å²) in [6.45, 7) is 0.948. The third kappa shape index (κ3) is 1.68. The number of hydrogen-bond donors (Lipinski definition) is 2. The molecule has 2 rings (SSSR count). The van der Waals surface area contributed by atoms with Crippen LogP contribution < -0.4 is 10.6 Å². The van der Waals surface area contributed by atoms with Crippen LogP contribution in [0.4, 0.5) is 0 Å². The Labute approximate surface area is 73.0 Å². The van der Waals surface area contributed by atoms with E-state index in [0.717, 1.165) is 0 Å². The third-order valence-electron chi connectivity index (χ3n) is 1.69. The normalized spacial score (nSPS) is 31.5. The molecule has 2 N–H and O–H groups in total. The summed E-state index contributed by atoms with van der Waals surface area (Å²) in [4.78, 5) is 10.0. The molecule has 72 valence electrons. The van der Waals surface area contributed by atoms with E-state index in [1.54, 1.807) is 0 Å². The van der Waals surface area contributed by atoms with E-state index >= 15 is 0 Å². The Morgan fingerprint density at radius 1 is 1.38 bits per heavy atom. The summed E-state index contributed by atoms with van der Waals surface area (Å²) in [5, 5.41) is 17.6. The Morgan fingerprint density at radius 3 is 2.38 bits per heavy atom. The van der Waals surface area contributed by atoms with Crippen molar-refractivity contribution in [1.29, 1.82) is 0 Å². The maximum Gasteiger partial charge on any atom is 0.273 e. The highest BCUT2D eigenvalue weighted by Crippen LogP contribution is 2.09. The zero-order valence-corrected chi connectivity index (χ0v) is 6.60. The van der Waals surface area contributed by atoms with Crippen LogP contribution in [-0.4, -0.2) is 36.7 Å². The molecule has 2 aliphatic heterocycles. The van der Waals surface area contributed by atoms with Crippen LogP contribution in [0.1, 0.15) is 0 Å². The van der Waals surface area contributed by atoms with E-state index in [1.807, 2.05) is 0 Å². The first-order valence-electron chi connectivity index (χ1n) is 3.75. The van der Waals surface area contributed by atoms with Gasteiger partial charge in [0.2, 0.25) is 0 Å². The predicted octanol–water partition coefficient (Wildman–Crippen LogP) is -1.57. The summed E-state index contributed by atoms with van der Waals surface area (Å²) in [5.41, 5.74) is 0. The van der Waals surface area contributed by atoms with Crippen LogP contribution in [0.25, 0.3) is 0 Å². The van der Waals surface area contributed by atoms with Gasteiger partial charge in [-0.15, -0.1) is 0 Å². The van der Waals surface area contributed by atoms with Crippen molar-refractivity contribution < 1.29 is 14.5 Å². The lowest BCUT2D eigenvalue weighted by Crippen LogP contribution is -2.43. The van der Waals surface area contributed by atoms with E-state index in [0.29, 0.717) is 13.2 Å². The largest absolute Gasteiger partial charge is 0.351 e. The van der Waals surface area contributed by atoms with Crippen molar-refractivity contribution in [2.24, 2.45) is 5.10 Å². The van der Waals surface area contributed by atoms with E-state index in [9.17, 15) is 10.1 Å². The first kappa shape index (κ1) is 8.20. The molecule has 8 heteroatoms. The molecule has 0 aromatic heterocycles. The summed E-state index contributed by atoms with van der Waals surface area (Å²) < 4.78 is 10.4. The standard InChI is InChI=1S/C5H8N4O4/c10-9(11)8-5-6-3-4(7-5)13-2-1-12-3/h3-4H,1-2H2,(H2,6,7,8)/t3-,4-/m1/s1. The van der Waals surface area contributed by atoms with E-state index in [-0.39, 0.29) is 18.4 Å². The van der Waals surface area contributed by atoms with Gasteiger partial charge >= 0.3 is 0 Å². The van der Waals surface area contributed by atoms with Gasteiger partial charge in [0.1, 0.15) is 5.10 Å². The minimum atomic E-state index is -0.785. The molecule has 13 heavy (non-hydrogen) atoms. The molecular weight excluding hydrogens is 180 g/mol. The summed E-state index contributed by atoms with van der Waals surface area (Å²) in [7, 11) is 0. The van der Waals surface area contributed by atoms with Crippen LogP contribution >= 0.6 is 0 Å². The average molecular weight is 188 g/mol. The summed E-state index contributed by atoms with van der Waals surface area (Å²) >= 11 is 0. The number of ether oxygens (including phenoxy) is 2. The van der Waals surface area contributed by atoms with Gasteiger partial charge in [0.25, 0.3) is 5.96 Å². The second kappa shape index (κ2) is 3.15. The zero-order chi connectivity index (χ0) is 9.26. The maximum absolute atomic E-state index is 10.0. The molecule has 0 radical (unpaired) electrons. The van der Waals surface area contributed by atoms with Gasteiger partial charge in [-0.1, -0.05) is 0 Å². The molecule has 0 aromatic rings. The van der Waals surface area contributed by atoms with Crippen molar-refractivity contribution in [3.05, 3.63) is 10.1 Å². The first-order chi connectivity index (χ1) is 6.25. The second-order valence-electron chi connectivity index (χ2n) is 2.56. The van der Waals surface area contributed by atoms with Crippen molar-refractivity contribution in [2.75, 3.05) is 13.2 Å². The van der Waals surface area contributed by atoms with E-state index in [1.165, 1.54) is 0 Å². The van der Waals surface area contributed by atoms with E-state index in [2.05, 4.69) is 15.7 Å². The molecule has 2 saturated heterocycles. The molecule has 2 atom stereocenters. The molecule has 8 nitrogen and oxygen atoms in total. The monoisotopic (exact) mass is 188 g/mol. The predicted molar refractivity (Wildman–Crippen MR) is 40.2 cm³/mol. The van der Waals surface area contributed by atoms with Crippen LogP contribution in [0.15, 0.2) is 5.10 Å². The molecule has 2 heterocycles. The SMILES string of the molecule is O=[N+]([O-])N=C1N[C@@H]2OCCO[C@H]2N1. The maximum atomic E-state index is 10.0. The number of hydrogen-bond acceptors (Lipinski definition) is 4. The Balaban J connectivity index is 2.02. The molecule has 0 spiro atoms. The molecule has 0 saturated carbocycles. The number of nitro groups is 1. The fourth-order valence-corrected chi connectivity index (χ4v) is 1.21. The molecular formula is C5H8N4O4. The van der Waals surface area contributed by atoms with Crippen molar-refractivity contribution in [3.8, 4) is 0 Å². The summed E-state index contributed by atoms with van der Waals surface area (Å²) in [6, 6.07) is 0. The van der Waals surface area contributed by atoms with Gasteiger partial charge in [-0.25, -0.2) is 10.1 Å². The van der Waals surface area contributed by atoms with Gasteiger partial charge in [0, 0.05) is 0 Å². The Kier molecular flexibility index (Phi) is 1.99. The topological polar surface area (TPSA) is 98.0 Å². The summed E-state index contributed by atoms with van der Waals surface area (Å²) in [6.07, 6.45) is -0.764. The number of hydrazone groups is 1. The van der Waals surface area contributed by atoms with Gasteiger partial charge < -0.3 is 20.1 Å². The van der Waals surface area contributed by atoms with Crippen molar-refractivity contribution in [2.45, 2.75) is 12.5 Å². The lowest BCUT2D eigenvalue weighted by molar-refractivity contribution is -0.485. The molecule has 0 unspecified atom stereocenters. The lowest BCUT2D eigenvalue weighted by Gasteiger charge is -2.24. The highest BCUT2D eigenvalue weighted by Gasteiger charge is 2.35. The Morgan fingerprint density at radius 2 is 1.92 bits per heavy atom. The number of nitrogens with zero attached hydrogens (tertiary/aromatic N) is 2. The molecule has 2 fully saturated rings. The van der Waals surface area contributed by atoms with Crippen LogP contribution in [0.2, 0.25) is 0 Å². The van der Waals surface area contributed by atoms with Crippen molar-refractivity contribution >= 4 is 5.96 Å². The minimum absolute atomic E-state index is 0.0712. The van der Waals surface area contributed by atoms with Crippen LogP contribution in [-0.2, 0) is 9.47 Å². The number of fused-ring (bicyclic) bond motifs is 1. The summed E-state index contributed by atoms with van der Waals surface area (Å²) in [5.74, 6) is 0.0712. The zero-order valence-electron chi connectivity index (χ0n) is 6.60. The third-order valence-corrected chi connectivity index (χ3v) is 1.69. The minimum Gasteiger partial charge on any atom is -0.351 e. The molecule has 0 amide bonds. The fourth-order valence-electron chi connectivity index (χ4n) is 1.21. The molecule has 0 aromatic carbocycles. The first-order valence-corrected chi connectivity index (χ1v) is 3.75. The average Bonchev–Trinajstić information content (AvgIpc) is 2.44. The van der Waals surface area contributed by atoms with Crippen LogP contribution in [0.3, 0.4) is 0 Å². The van der Waals surface area contributed by atoms with E-state index in [4.69, 9.17) is 9.47 Å². The van der Waals surface area contributed by atoms with Gasteiger partial charge in [0.05, 0.1) is 13.2 Å². The van der Waals surface area contributed by atoms with Gasteiger partial charge in [0.15, 0.2) is 17.5 Å². The highest BCUT2D eigenvalue weighted by atomic mass is 16.7. The van der Waals surface area contributed by atoms with Gasteiger partial charge in [-0.05, 0) is 0 Å². The molecule has 0 aliphatic carbocycles. The lowest BCUT2D eigenvalue weighted by atomic mass is 10.5. The number of rotatable bonds is 1. The van der Waals surface area contributed by atoms with Gasteiger partial charge in [-0.3, -0.25) is 0 Å². The molecule has 0 bridgehead atoms. The van der Waals surface area contributed by atoms with Crippen LogP contribution in [0.5, 0.6) is 0 Å². The number of guanidine groups is 1. The second-order valence-corrected chi connectivity index (χ2v) is 2.56. The van der Waals surface area contributed by atoms with Crippen molar-refractivity contribution in [1.82, 2.24) is 10.6 Å².